The van der Waals surface area contributed by atoms with Gasteiger partial charge >= 0.3 is 5.97 Å². The van der Waals surface area contributed by atoms with Crippen LogP contribution in [-0.4, -0.2) is 34.6 Å². The van der Waals surface area contributed by atoms with E-state index >= 15 is 0 Å². The summed E-state index contributed by atoms with van der Waals surface area (Å²) in [4.78, 5) is 50.4. The van der Waals surface area contributed by atoms with Gasteiger partial charge in [-0.25, -0.2) is 4.79 Å². The zero-order valence-electron chi connectivity index (χ0n) is 21.8. The van der Waals surface area contributed by atoms with Gasteiger partial charge in [0.15, 0.2) is 0 Å². The molecule has 0 spiro atoms. The first kappa shape index (κ1) is 30.4. The lowest BCUT2D eigenvalue weighted by atomic mass is 10.1. The minimum absolute atomic E-state index is 0.0708. The van der Waals surface area contributed by atoms with Crippen molar-refractivity contribution in [1.82, 2.24) is 5.32 Å². The van der Waals surface area contributed by atoms with Crippen molar-refractivity contribution >= 4 is 76.1 Å². The maximum absolute atomic E-state index is 13.4. The van der Waals surface area contributed by atoms with Crippen LogP contribution in [0.4, 0.5) is 11.4 Å². The van der Waals surface area contributed by atoms with Crippen LogP contribution >= 0.6 is 35.0 Å². The van der Waals surface area contributed by atoms with Gasteiger partial charge in [-0.1, -0.05) is 53.5 Å². The highest BCUT2D eigenvalue weighted by Crippen LogP contribution is 2.27. The number of amides is 3. The number of rotatable bonds is 10. The van der Waals surface area contributed by atoms with Gasteiger partial charge in [0.05, 0.1) is 11.3 Å². The summed E-state index contributed by atoms with van der Waals surface area (Å²) in [6.45, 7) is 0. The first-order valence-corrected chi connectivity index (χ1v) is 14.1. The van der Waals surface area contributed by atoms with Crippen LogP contribution < -0.4 is 16.0 Å². The molecule has 42 heavy (non-hydrogen) atoms. The van der Waals surface area contributed by atoms with E-state index < -0.39 is 17.8 Å². The highest BCUT2D eigenvalue weighted by molar-refractivity contribution is 8.00. The Kier molecular flexibility index (Phi) is 10.4. The Bertz CT molecular complexity index is 1640. The molecule has 4 aromatic rings. The van der Waals surface area contributed by atoms with Gasteiger partial charge in [0.1, 0.15) is 5.70 Å². The summed E-state index contributed by atoms with van der Waals surface area (Å²) in [6, 6.07) is 26.0. The van der Waals surface area contributed by atoms with Gasteiger partial charge in [-0.15, -0.1) is 11.8 Å². The average Bonchev–Trinajstić information content (AvgIpc) is 2.98. The van der Waals surface area contributed by atoms with Gasteiger partial charge < -0.3 is 21.1 Å². The lowest BCUT2D eigenvalue weighted by Crippen LogP contribution is -2.30. The highest BCUT2D eigenvalue weighted by atomic mass is 35.5. The van der Waals surface area contributed by atoms with E-state index in [0.29, 0.717) is 37.4 Å². The fourth-order valence-electron chi connectivity index (χ4n) is 3.64. The predicted molar refractivity (Wildman–Crippen MR) is 166 cm³/mol. The van der Waals surface area contributed by atoms with E-state index in [2.05, 4.69) is 16.0 Å². The smallest absolute Gasteiger partial charge is 0.335 e. The first-order chi connectivity index (χ1) is 20.2. The standard InChI is InChI=1S/C31H23Cl2N3O5S/c32-25-10-5-11-26(33)24(25)17-27(36-29(38)19-6-2-1-3-7-19)30(39)35-22-8-4-9-23(16-22)42-18-28(37)34-21-14-12-20(13-15-21)31(40)41/h1-17H,18H2,(H,34,37)(H,35,39)(H,36,38)(H,40,41)/b27-17+. The molecule has 4 rings (SSSR count). The molecule has 0 aliphatic rings. The van der Waals surface area contributed by atoms with Crippen LogP contribution in [0.5, 0.6) is 0 Å². The second kappa shape index (κ2) is 14.4. The molecular formula is C31H23Cl2N3O5S. The van der Waals surface area contributed by atoms with Crippen LogP contribution in [-0.2, 0) is 9.59 Å². The van der Waals surface area contributed by atoms with Crippen molar-refractivity contribution in [2.45, 2.75) is 4.90 Å². The Morgan fingerprint density at radius 2 is 1.40 bits per heavy atom. The quantitative estimate of drug-likeness (QED) is 0.114. The second-order valence-electron chi connectivity index (χ2n) is 8.71. The number of aromatic carboxylic acids is 1. The molecule has 11 heteroatoms. The van der Waals surface area contributed by atoms with Crippen LogP contribution in [0.2, 0.25) is 10.0 Å². The first-order valence-electron chi connectivity index (χ1n) is 12.4. The number of carbonyl (C=O) groups is 4. The van der Waals surface area contributed by atoms with Gasteiger partial charge in [-0.05, 0) is 72.8 Å². The number of benzene rings is 4. The molecule has 0 heterocycles. The number of carboxylic acid groups (broad SMARTS) is 1. The molecule has 0 aromatic heterocycles. The monoisotopic (exact) mass is 619 g/mol. The molecule has 4 aromatic carbocycles. The predicted octanol–water partition coefficient (Wildman–Crippen LogP) is 6.83. The van der Waals surface area contributed by atoms with E-state index in [4.69, 9.17) is 28.3 Å². The lowest BCUT2D eigenvalue weighted by molar-refractivity contribution is -0.114. The summed E-state index contributed by atoms with van der Waals surface area (Å²) in [5, 5.41) is 17.7. The summed E-state index contributed by atoms with van der Waals surface area (Å²) in [6.07, 6.45) is 1.41. The van der Waals surface area contributed by atoms with E-state index in [0.717, 1.165) is 0 Å². The lowest BCUT2D eigenvalue weighted by Gasteiger charge is -2.13. The van der Waals surface area contributed by atoms with Crippen LogP contribution in [0.3, 0.4) is 0 Å². The topological polar surface area (TPSA) is 125 Å². The molecule has 0 unspecified atom stereocenters. The minimum Gasteiger partial charge on any atom is -0.478 e. The Hall–Kier alpha value is -4.57. The summed E-state index contributed by atoms with van der Waals surface area (Å²) in [5.41, 5.74) is 1.67. The largest absolute Gasteiger partial charge is 0.478 e. The SMILES string of the molecule is O=C(CSc1cccc(NC(=O)/C(=C\c2c(Cl)cccc2Cl)NC(=O)c2ccccc2)c1)Nc1ccc(C(=O)O)cc1. The number of halogens is 2. The van der Waals surface area contributed by atoms with Crippen molar-refractivity contribution in [3.63, 3.8) is 0 Å². The van der Waals surface area contributed by atoms with Crippen LogP contribution in [0, 0.1) is 0 Å². The van der Waals surface area contributed by atoms with Gasteiger partial charge in [-0.3, -0.25) is 14.4 Å². The number of nitrogens with one attached hydrogen (secondary N) is 3. The van der Waals surface area contributed by atoms with Crippen LogP contribution in [0.15, 0.2) is 108 Å². The van der Waals surface area contributed by atoms with Gasteiger partial charge in [0, 0.05) is 37.4 Å². The minimum atomic E-state index is -1.05. The number of carboxylic acids is 1. The molecule has 4 N–H and O–H groups in total. The van der Waals surface area contributed by atoms with Gasteiger partial charge in [0.25, 0.3) is 11.8 Å². The van der Waals surface area contributed by atoms with Crippen LogP contribution in [0.1, 0.15) is 26.3 Å². The summed E-state index contributed by atoms with van der Waals surface area (Å²) < 4.78 is 0. The van der Waals surface area contributed by atoms with Crippen LogP contribution in [0.25, 0.3) is 6.08 Å². The Balaban J connectivity index is 1.46. The van der Waals surface area contributed by atoms with E-state index in [1.165, 1.54) is 42.1 Å². The normalized spacial score (nSPS) is 11.0. The summed E-state index contributed by atoms with van der Waals surface area (Å²) in [7, 11) is 0. The van der Waals surface area contributed by atoms with Gasteiger partial charge in [0.2, 0.25) is 5.91 Å². The number of hydrogen-bond acceptors (Lipinski definition) is 5. The number of hydrogen-bond donors (Lipinski definition) is 4. The van der Waals surface area contributed by atoms with Crippen molar-refractivity contribution in [3.05, 3.63) is 129 Å². The van der Waals surface area contributed by atoms with Crippen molar-refractivity contribution in [3.8, 4) is 0 Å². The molecule has 3 amide bonds. The molecular weight excluding hydrogens is 597 g/mol. The maximum Gasteiger partial charge on any atom is 0.335 e. The second-order valence-corrected chi connectivity index (χ2v) is 10.6. The molecule has 0 aliphatic heterocycles. The molecule has 0 atom stereocenters. The number of thioether (sulfide) groups is 1. The maximum atomic E-state index is 13.4. The fraction of sp³-hybridized carbons (Fsp3) is 0.0323. The van der Waals surface area contributed by atoms with E-state index in [-0.39, 0.29) is 22.9 Å². The third-order valence-corrected chi connectivity index (χ3v) is 7.35. The highest BCUT2D eigenvalue weighted by Gasteiger charge is 2.17. The molecule has 0 radical (unpaired) electrons. The molecule has 0 bridgehead atoms. The zero-order chi connectivity index (χ0) is 30.1. The van der Waals surface area contributed by atoms with Crippen molar-refractivity contribution in [2.75, 3.05) is 16.4 Å². The average molecular weight is 621 g/mol. The van der Waals surface area contributed by atoms with E-state index in [9.17, 15) is 19.2 Å². The Morgan fingerprint density at radius 3 is 2.07 bits per heavy atom. The summed E-state index contributed by atoms with van der Waals surface area (Å²) >= 11 is 13.9. The molecule has 0 saturated heterocycles. The third-order valence-electron chi connectivity index (χ3n) is 5.69. The third kappa shape index (κ3) is 8.47. The number of carbonyl (C=O) groups excluding carboxylic acids is 3. The number of anilines is 2. The molecule has 0 saturated carbocycles. The van der Waals surface area contributed by atoms with E-state index in [1.807, 2.05) is 0 Å². The van der Waals surface area contributed by atoms with Crippen molar-refractivity contribution in [1.29, 1.82) is 0 Å². The Labute approximate surface area is 255 Å². The van der Waals surface area contributed by atoms with Gasteiger partial charge in [-0.2, -0.15) is 0 Å². The molecule has 0 aliphatic carbocycles. The molecule has 8 nitrogen and oxygen atoms in total. The van der Waals surface area contributed by atoms with E-state index in [1.54, 1.807) is 72.8 Å². The Morgan fingerprint density at radius 1 is 0.738 bits per heavy atom. The molecule has 0 fully saturated rings. The summed E-state index contributed by atoms with van der Waals surface area (Å²) in [5.74, 6) is -2.37. The molecule has 212 valence electrons. The zero-order valence-corrected chi connectivity index (χ0v) is 24.1. The fourth-order valence-corrected chi connectivity index (χ4v) is 4.90. The van der Waals surface area contributed by atoms with Crippen molar-refractivity contribution < 1.29 is 24.3 Å². The van der Waals surface area contributed by atoms with Crippen molar-refractivity contribution in [2.24, 2.45) is 0 Å².